The highest BCUT2D eigenvalue weighted by molar-refractivity contribution is 9.09. The topological polar surface area (TPSA) is 26.3 Å². The molecule has 2 rings (SSSR count). The van der Waals surface area contributed by atoms with Gasteiger partial charge in [-0.15, -0.1) is 0 Å². The van der Waals surface area contributed by atoms with E-state index in [1.807, 2.05) is 0 Å². The number of esters is 1. The van der Waals surface area contributed by atoms with Gasteiger partial charge in [-0.25, -0.2) is 0 Å². The molecule has 0 amide bonds. The Kier molecular flexibility index (Phi) is 1.94. The number of methoxy groups -OCH3 is 1. The van der Waals surface area contributed by atoms with Crippen LogP contribution >= 0.6 is 15.9 Å². The summed E-state index contributed by atoms with van der Waals surface area (Å²) >= 11 is 3.59. The van der Waals surface area contributed by atoms with Crippen LogP contribution in [0.2, 0.25) is 0 Å². The number of carbonyl (C=O) groups excluding carboxylic acids is 1. The van der Waals surface area contributed by atoms with Crippen LogP contribution in [0.3, 0.4) is 0 Å². The molecule has 0 unspecified atom stereocenters. The third kappa shape index (κ3) is 0.951. The molecule has 0 aliphatic heterocycles. The summed E-state index contributed by atoms with van der Waals surface area (Å²) in [4.78, 5) is 11.9. The summed E-state index contributed by atoms with van der Waals surface area (Å²) in [5.41, 5.74) is -0.167. The summed E-state index contributed by atoms with van der Waals surface area (Å²) in [6.45, 7) is 0. The van der Waals surface area contributed by atoms with Crippen molar-refractivity contribution in [1.29, 1.82) is 0 Å². The van der Waals surface area contributed by atoms with Gasteiger partial charge in [0.2, 0.25) is 0 Å². The second kappa shape index (κ2) is 2.72. The summed E-state index contributed by atoms with van der Waals surface area (Å²) < 4.78 is 4.86. The molecule has 0 aromatic heterocycles. The van der Waals surface area contributed by atoms with Crippen LogP contribution in [-0.2, 0) is 9.53 Å². The standard InChI is InChI=1S/C9H13BrO2/c1-12-8(11)9-3-2-6(5-9)4-7(9)10/h6-7H,2-5H2,1H3/t6-,7+,9-/m1/s1. The molecule has 0 N–H and O–H groups in total. The molecule has 3 atom stereocenters. The van der Waals surface area contributed by atoms with Crippen LogP contribution in [0, 0.1) is 11.3 Å². The monoisotopic (exact) mass is 232 g/mol. The Labute approximate surface area is 80.8 Å². The minimum Gasteiger partial charge on any atom is -0.469 e. The molecule has 0 spiro atoms. The van der Waals surface area contributed by atoms with E-state index in [1.165, 1.54) is 13.5 Å². The first-order valence-electron chi connectivity index (χ1n) is 4.41. The van der Waals surface area contributed by atoms with Gasteiger partial charge in [0.05, 0.1) is 12.5 Å². The Morgan fingerprint density at radius 2 is 2.42 bits per heavy atom. The summed E-state index contributed by atoms with van der Waals surface area (Å²) in [7, 11) is 1.49. The highest BCUT2D eigenvalue weighted by Crippen LogP contribution is 2.57. The number of fused-ring (bicyclic) bond motifs is 2. The number of ether oxygens (including phenoxy) is 1. The van der Waals surface area contributed by atoms with E-state index in [9.17, 15) is 4.79 Å². The van der Waals surface area contributed by atoms with Crippen LogP contribution < -0.4 is 0 Å². The van der Waals surface area contributed by atoms with Gasteiger partial charge in [-0.3, -0.25) is 4.79 Å². The van der Waals surface area contributed by atoms with Crippen molar-refractivity contribution in [3.8, 4) is 0 Å². The third-order valence-corrected chi connectivity index (χ3v) is 4.63. The van der Waals surface area contributed by atoms with Crippen molar-refractivity contribution >= 4 is 21.9 Å². The normalized spacial score (nSPS) is 44.8. The van der Waals surface area contributed by atoms with Gasteiger partial charge in [-0.1, -0.05) is 15.9 Å². The van der Waals surface area contributed by atoms with E-state index in [2.05, 4.69) is 15.9 Å². The summed E-state index contributed by atoms with van der Waals surface area (Å²) in [6, 6.07) is 0. The molecule has 0 radical (unpaired) electrons. The van der Waals surface area contributed by atoms with Crippen molar-refractivity contribution in [2.45, 2.75) is 30.5 Å². The quantitative estimate of drug-likeness (QED) is 0.512. The molecule has 0 saturated heterocycles. The molecule has 2 bridgehead atoms. The molecule has 0 aromatic carbocycles. The Morgan fingerprint density at radius 3 is 2.83 bits per heavy atom. The van der Waals surface area contributed by atoms with Gasteiger partial charge in [0.15, 0.2) is 0 Å². The van der Waals surface area contributed by atoms with Crippen LogP contribution in [0.1, 0.15) is 25.7 Å². The first kappa shape index (κ1) is 8.54. The first-order chi connectivity index (χ1) is 5.69. The molecule has 2 saturated carbocycles. The lowest BCUT2D eigenvalue weighted by Crippen LogP contribution is -2.35. The van der Waals surface area contributed by atoms with Gasteiger partial charge >= 0.3 is 5.97 Å². The second-order valence-corrected chi connectivity index (χ2v) is 5.07. The zero-order valence-electron chi connectivity index (χ0n) is 7.18. The van der Waals surface area contributed by atoms with Crippen LogP contribution in [-0.4, -0.2) is 17.9 Å². The number of hydrogen-bond donors (Lipinski definition) is 0. The molecule has 68 valence electrons. The molecule has 0 heterocycles. The lowest BCUT2D eigenvalue weighted by molar-refractivity contribution is -0.151. The zero-order valence-corrected chi connectivity index (χ0v) is 8.76. The van der Waals surface area contributed by atoms with Crippen LogP contribution in [0.4, 0.5) is 0 Å². The molecule has 0 aromatic rings. The fourth-order valence-corrected chi connectivity index (χ4v) is 3.83. The van der Waals surface area contributed by atoms with E-state index in [0.717, 1.165) is 25.2 Å². The number of carbonyl (C=O) groups is 1. The van der Waals surface area contributed by atoms with Crippen LogP contribution in [0.5, 0.6) is 0 Å². The van der Waals surface area contributed by atoms with Crippen LogP contribution in [0.15, 0.2) is 0 Å². The highest BCUT2D eigenvalue weighted by atomic mass is 79.9. The highest BCUT2D eigenvalue weighted by Gasteiger charge is 2.56. The Balaban J connectivity index is 2.23. The number of rotatable bonds is 1. The molecule has 2 aliphatic rings. The van der Waals surface area contributed by atoms with E-state index in [0.29, 0.717) is 4.83 Å². The minimum atomic E-state index is -0.167. The van der Waals surface area contributed by atoms with Crippen molar-refractivity contribution < 1.29 is 9.53 Å². The Morgan fingerprint density at radius 1 is 1.67 bits per heavy atom. The minimum absolute atomic E-state index is 0.00984. The SMILES string of the molecule is COC(=O)[C@@]12CC[C@H](C[C@@H]1Br)C2. The maximum atomic E-state index is 11.6. The van der Waals surface area contributed by atoms with Crippen molar-refractivity contribution in [2.24, 2.45) is 11.3 Å². The summed E-state index contributed by atoms with van der Waals surface area (Å²) in [5, 5.41) is 0. The molecular weight excluding hydrogens is 220 g/mol. The van der Waals surface area contributed by atoms with Crippen molar-refractivity contribution in [3.05, 3.63) is 0 Å². The van der Waals surface area contributed by atoms with Gasteiger partial charge in [-0.05, 0) is 31.6 Å². The van der Waals surface area contributed by atoms with Gasteiger partial charge in [-0.2, -0.15) is 0 Å². The lowest BCUT2D eigenvalue weighted by atomic mass is 9.84. The van der Waals surface area contributed by atoms with Crippen molar-refractivity contribution in [1.82, 2.24) is 0 Å². The van der Waals surface area contributed by atoms with E-state index < -0.39 is 0 Å². The molecule has 12 heavy (non-hydrogen) atoms. The molecule has 2 aliphatic carbocycles. The number of alkyl halides is 1. The predicted molar refractivity (Wildman–Crippen MR) is 49.1 cm³/mol. The van der Waals surface area contributed by atoms with Gasteiger partial charge in [0.25, 0.3) is 0 Å². The average molecular weight is 233 g/mol. The number of halogens is 1. The van der Waals surface area contributed by atoms with Gasteiger partial charge in [0, 0.05) is 4.83 Å². The van der Waals surface area contributed by atoms with E-state index >= 15 is 0 Å². The molecule has 2 fully saturated rings. The van der Waals surface area contributed by atoms with Crippen LogP contribution in [0.25, 0.3) is 0 Å². The lowest BCUT2D eigenvalue weighted by Gasteiger charge is -2.28. The summed E-state index contributed by atoms with van der Waals surface area (Å²) in [6.07, 6.45) is 4.40. The second-order valence-electron chi connectivity index (χ2n) is 3.96. The maximum absolute atomic E-state index is 11.6. The fourth-order valence-electron chi connectivity index (χ4n) is 2.70. The molecular formula is C9H13BrO2. The largest absolute Gasteiger partial charge is 0.469 e. The number of hydrogen-bond acceptors (Lipinski definition) is 2. The molecule has 3 heteroatoms. The Hall–Kier alpha value is -0.0500. The van der Waals surface area contributed by atoms with Gasteiger partial charge in [0.1, 0.15) is 0 Å². The van der Waals surface area contributed by atoms with Gasteiger partial charge < -0.3 is 4.74 Å². The maximum Gasteiger partial charge on any atom is 0.312 e. The van der Waals surface area contributed by atoms with Crippen molar-refractivity contribution in [3.63, 3.8) is 0 Å². The van der Waals surface area contributed by atoms with E-state index in [-0.39, 0.29) is 11.4 Å². The fraction of sp³-hybridized carbons (Fsp3) is 0.889. The smallest absolute Gasteiger partial charge is 0.312 e. The first-order valence-corrected chi connectivity index (χ1v) is 5.33. The average Bonchev–Trinajstić information content (AvgIpc) is 2.60. The summed E-state index contributed by atoms with van der Waals surface area (Å²) in [5.74, 6) is 0.748. The van der Waals surface area contributed by atoms with E-state index in [1.54, 1.807) is 0 Å². The zero-order chi connectivity index (χ0) is 8.77. The van der Waals surface area contributed by atoms with Crippen molar-refractivity contribution in [2.75, 3.05) is 7.11 Å². The molecule has 2 nitrogen and oxygen atoms in total. The van der Waals surface area contributed by atoms with E-state index in [4.69, 9.17) is 4.74 Å². The Bertz CT molecular complexity index is 217. The predicted octanol–water partition coefficient (Wildman–Crippen LogP) is 2.11. The third-order valence-electron chi connectivity index (χ3n) is 3.38.